The van der Waals surface area contributed by atoms with E-state index in [-0.39, 0.29) is 11.3 Å². The van der Waals surface area contributed by atoms with Crippen LogP contribution in [-0.4, -0.2) is 24.7 Å². The zero-order valence-electron chi connectivity index (χ0n) is 11.9. The van der Waals surface area contributed by atoms with Crippen LogP contribution in [0.15, 0.2) is 36.5 Å². The molecule has 2 aromatic rings. The first kappa shape index (κ1) is 14.6. The summed E-state index contributed by atoms with van der Waals surface area (Å²) in [6, 6.07) is 9.02. The number of ether oxygens (including phenoxy) is 2. The fourth-order valence-electron chi connectivity index (χ4n) is 1.81. The summed E-state index contributed by atoms with van der Waals surface area (Å²) in [5.74, 6) is 0.686. The van der Waals surface area contributed by atoms with E-state index >= 15 is 0 Å². The van der Waals surface area contributed by atoms with Crippen LogP contribution < -0.4 is 15.8 Å². The molecule has 0 aliphatic carbocycles. The molecule has 0 atom stereocenters. The number of aromatic nitrogens is 1. The van der Waals surface area contributed by atoms with Gasteiger partial charge in [-0.25, -0.2) is 9.78 Å². The van der Waals surface area contributed by atoms with Gasteiger partial charge in [-0.3, -0.25) is 0 Å². The largest absolute Gasteiger partial charge is 0.492 e. The van der Waals surface area contributed by atoms with Crippen molar-refractivity contribution in [1.29, 1.82) is 0 Å². The van der Waals surface area contributed by atoms with Gasteiger partial charge in [-0.05, 0) is 25.1 Å². The van der Waals surface area contributed by atoms with Crippen LogP contribution in [0.25, 0.3) is 0 Å². The van der Waals surface area contributed by atoms with E-state index in [2.05, 4.69) is 15.0 Å². The van der Waals surface area contributed by atoms with Gasteiger partial charge in [-0.1, -0.05) is 12.1 Å². The monoisotopic (exact) mass is 287 g/mol. The van der Waals surface area contributed by atoms with Crippen LogP contribution in [0.1, 0.15) is 17.3 Å². The van der Waals surface area contributed by atoms with Crippen LogP contribution in [0.2, 0.25) is 0 Å². The van der Waals surface area contributed by atoms with Crippen LogP contribution in [0.4, 0.5) is 17.2 Å². The number of hydrogen-bond acceptors (Lipinski definition) is 6. The van der Waals surface area contributed by atoms with Crippen LogP contribution in [0.5, 0.6) is 5.75 Å². The summed E-state index contributed by atoms with van der Waals surface area (Å²) in [7, 11) is 1.31. The average Bonchev–Trinajstić information content (AvgIpc) is 2.50. The molecule has 21 heavy (non-hydrogen) atoms. The summed E-state index contributed by atoms with van der Waals surface area (Å²) in [6.07, 6.45) is 1.41. The SMILES string of the molecule is CCOc1ccccc1Nc1cc(C(=O)OC)c(N)cn1. The fourth-order valence-corrected chi connectivity index (χ4v) is 1.81. The zero-order valence-corrected chi connectivity index (χ0v) is 11.9. The standard InChI is InChI=1S/C15H17N3O3/c1-3-21-13-7-5-4-6-12(13)18-14-8-10(15(19)20-2)11(16)9-17-14/h4-9H,3,16H2,1-2H3,(H,17,18). The topological polar surface area (TPSA) is 86.5 Å². The van der Waals surface area contributed by atoms with Crippen molar-refractivity contribution < 1.29 is 14.3 Å². The minimum absolute atomic E-state index is 0.267. The summed E-state index contributed by atoms with van der Waals surface area (Å²) in [4.78, 5) is 15.8. The molecule has 0 aliphatic heterocycles. The molecule has 0 unspecified atom stereocenters. The van der Waals surface area contributed by atoms with Crippen molar-refractivity contribution in [2.45, 2.75) is 6.92 Å². The summed E-state index contributed by atoms with van der Waals surface area (Å²) in [5.41, 5.74) is 7.01. The Balaban J connectivity index is 2.30. The molecule has 3 N–H and O–H groups in total. The van der Waals surface area contributed by atoms with Gasteiger partial charge >= 0.3 is 5.97 Å². The molecule has 6 heteroatoms. The second kappa shape index (κ2) is 6.60. The Kier molecular flexibility index (Phi) is 4.61. The molecule has 1 aromatic carbocycles. The average molecular weight is 287 g/mol. The van der Waals surface area contributed by atoms with Crippen molar-refractivity contribution in [3.05, 3.63) is 42.1 Å². The van der Waals surface area contributed by atoms with Gasteiger partial charge < -0.3 is 20.5 Å². The fraction of sp³-hybridized carbons (Fsp3) is 0.200. The van der Waals surface area contributed by atoms with E-state index in [4.69, 9.17) is 10.5 Å². The van der Waals surface area contributed by atoms with Crippen LogP contribution in [-0.2, 0) is 4.74 Å². The van der Waals surface area contributed by atoms with Crippen molar-refractivity contribution in [2.75, 3.05) is 24.8 Å². The molecule has 0 saturated carbocycles. The van der Waals surface area contributed by atoms with Crippen LogP contribution >= 0.6 is 0 Å². The molecule has 0 spiro atoms. The van der Waals surface area contributed by atoms with Gasteiger partial charge in [0.2, 0.25) is 0 Å². The lowest BCUT2D eigenvalue weighted by atomic mass is 10.2. The number of nitrogens with one attached hydrogen (secondary N) is 1. The zero-order chi connectivity index (χ0) is 15.2. The molecule has 1 heterocycles. The summed E-state index contributed by atoms with van der Waals surface area (Å²) >= 11 is 0. The predicted molar refractivity (Wildman–Crippen MR) is 80.9 cm³/mol. The molecule has 0 amide bonds. The minimum atomic E-state index is -0.504. The van der Waals surface area contributed by atoms with Gasteiger partial charge in [-0.2, -0.15) is 0 Å². The molecule has 0 saturated heterocycles. The predicted octanol–water partition coefficient (Wildman–Crippen LogP) is 2.59. The van der Waals surface area contributed by atoms with Crippen molar-refractivity contribution in [3.8, 4) is 5.75 Å². The third-order valence-corrected chi connectivity index (χ3v) is 2.79. The van der Waals surface area contributed by atoms with Crippen molar-refractivity contribution in [2.24, 2.45) is 0 Å². The maximum atomic E-state index is 11.6. The minimum Gasteiger partial charge on any atom is -0.492 e. The van der Waals surface area contributed by atoms with Crippen LogP contribution in [0, 0.1) is 0 Å². The molecule has 1 aromatic heterocycles. The van der Waals surface area contributed by atoms with Gasteiger partial charge in [0.15, 0.2) is 0 Å². The molecule has 0 aliphatic rings. The number of nitrogens with zero attached hydrogens (tertiary/aromatic N) is 1. The molecule has 0 bridgehead atoms. The molecule has 2 rings (SSSR count). The van der Waals surface area contributed by atoms with Crippen LogP contribution in [0.3, 0.4) is 0 Å². The second-order valence-corrected chi connectivity index (χ2v) is 4.20. The highest BCUT2D eigenvalue weighted by atomic mass is 16.5. The molecule has 0 fully saturated rings. The quantitative estimate of drug-likeness (QED) is 0.822. The van der Waals surface area contributed by atoms with Crippen molar-refractivity contribution in [3.63, 3.8) is 0 Å². The number of carbonyl (C=O) groups excluding carboxylic acids is 1. The lowest BCUT2D eigenvalue weighted by Crippen LogP contribution is -2.07. The Bertz CT molecular complexity index is 644. The Labute approximate surface area is 122 Å². The lowest BCUT2D eigenvalue weighted by Gasteiger charge is -2.12. The number of anilines is 3. The van der Waals surface area contributed by atoms with E-state index in [1.807, 2.05) is 31.2 Å². The van der Waals surface area contributed by atoms with E-state index in [9.17, 15) is 4.79 Å². The Morgan fingerprint density at radius 2 is 2.14 bits per heavy atom. The molecular formula is C15H17N3O3. The Hall–Kier alpha value is -2.76. The lowest BCUT2D eigenvalue weighted by molar-refractivity contribution is 0.0602. The number of rotatable bonds is 5. The highest BCUT2D eigenvalue weighted by molar-refractivity contribution is 5.95. The highest BCUT2D eigenvalue weighted by Crippen LogP contribution is 2.27. The van der Waals surface area contributed by atoms with Crippen molar-refractivity contribution in [1.82, 2.24) is 4.98 Å². The number of esters is 1. The van der Waals surface area contributed by atoms with E-state index in [1.54, 1.807) is 6.07 Å². The van der Waals surface area contributed by atoms with E-state index in [1.165, 1.54) is 13.3 Å². The van der Waals surface area contributed by atoms with Crippen molar-refractivity contribution >= 4 is 23.2 Å². The first-order valence-electron chi connectivity index (χ1n) is 6.48. The summed E-state index contributed by atoms with van der Waals surface area (Å²) < 4.78 is 10.2. The first-order chi connectivity index (χ1) is 10.2. The number of nitrogen functional groups attached to an aromatic ring is 1. The first-order valence-corrected chi connectivity index (χ1v) is 6.48. The highest BCUT2D eigenvalue weighted by Gasteiger charge is 2.12. The smallest absolute Gasteiger partial charge is 0.340 e. The maximum absolute atomic E-state index is 11.6. The number of benzene rings is 1. The van der Waals surface area contributed by atoms with E-state index in [0.29, 0.717) is 18.2 Å². The van der Waals surface area contributed by atoms with Gasteiger partial charge in [0.05, 0.1) is 36.9 Å². The Morgan fingerprint density at radius 3 is 2.86 bits per heavy atom. The van der Waals surface area contributed by atoms with E-state index in [0.717, 1.165) is 5.69 Å². The number of para-hydroxylation sites is 2. The molecule has 110 valence electrons. The third-order valence-electron chi connectivity index (χ3n) is 2.79. The number of pyridine rings is 1. The summed E-state index contributed by atoms with van der Waals surface area (Å²) in [5, 5.41) is 3.10. The summed E-state index contributed by atoms with van der Waals surface area (Å²) in [6.45, 7) is 2.47. The van der Waals surface area contributed by atoms with Gasteiger partial charge in [-0.15, -0.1) is 0 Å². The maximum Gasteiger partial charge on any atom is 0.340 e. The van der Waals surface area contributed by atoms with Gasteiger partial charge in [0.25, 0.3) is 0 Å². The molecule has 0 radical (unpaired) electrons. The number of nitrogens with two attached hydrogens (primary N) is 1. The second-order valence-electron chi connectivity index (χ2n) is 4.20. The normalized spacial score (nSPS) is 10.0. The Morgan fingerprint density at radius 1 is 1.38 bits per heavy atom. The van der Waals surface area contributed by atoms with E-state index < -0.39 is 5.97 Å². The van der Waals surface area contributed by atoms with Gasteiger partial charge in [0.1, 0.15) is 11.6 Å². The molecule has 6 nitrogen and oxygen atoms in total. The van der Waals surface area contributed by atoms with Gasteiger partial charge in [0, 0.05) is 0 Å². The third kappa shape index (κ3) is 3.42. The number of carbonyl (C=O) groups is 1. The number of methoxy groups -OCH3 is 1. The number of hydrogen-bond donors (Lipinski definition) is 2. The molecular weight excluding hydrogens is 270 g/mol.